The standard InChI is InChI=1S/C15H17N7O2/c1-9(2)15(23)18-13-6-11(24-3)4-5-12(13)17-8-10(7-16)14-19-21-22-20-14/h4-6,8-9,17H,1-3H3,(H,18,23)(H,19,20,21,22). The number of carbonyl (C=O) groups is 1. The normalized spacial score (nSPS) is 11.0. The summed E-state index contributed by atoms with van der Waals surface area (Å²) in [7, 11) is 1.54. The number of hydrogen-bond acceptors (Lipinski definition) is 7. The van der Waals surface area contributed by atoms with E-state index in [9.17, 15) is 10.1 Å². The zero-order valence-electron chi connectivity index (χ0n) is 13.5. The van der Waals surface area contributed by atoms with Crippen molar-refractivity contribution in [1.82, 2.24) is 20.6 Å². The van der Waals surface area contributed by atoms with E-state index in [1.165, 1.54) is 6.20 Å². The summed E-state index contributed by atoms with van der Waals surface area (Å²) in [5.74, 6) is 0.469. The first-order chi connectivity index (χ1) is 11.5. The molecule has 0 atom stereocenters. The average molecular weight is 327 g/mol. The lowest BCUT2D eigenvalue weighted by Gasteiger charge is -2.14. The van der Waals surface area contributed by atoms with Gasteiger partial charge in [-0.15, -0.1) is 10.2 Å². The fourth-order valence-electron chi connectivity index (χ4n) is 1.73. The molecule has 0 fully saturated rings. The number of carbonyl (C=O) groups excluding carboxylic acids is 1. The number of aromatic amines is 1. The summed E-state index contributed by atoms with van der Waals surface area (Å²) in [5, 5.41) is 28.2. The number of H-pyrrole nitrogens is 1. The van der Waals surface area contributed by atoms with Crippen molar-refractivity contribution in [3.8, 4) is 11.8 Å². The van der Waals surface area contributed by atoms with E-state index in [4.69, 9.17) is 4.74 Å². The van der Waals surface area contributed by atoms with Gasteiger partial charge in [-0.05, 0) is 17.3 Å². The molecule has 0 saturated heterocycles. The van der Waals surface area contributed by atoms with E-state index in [2.05, 4.69) is 31.3 Å². The third-order valence-corrected chi connectivity index (χ3v) is 3.09. The first kappa shape index (κ1) is 17.0. The summed E-state index contributed by atoms with van der Waals surface area (Å²) in [6.45, 7) is 3.60. The molecule has 124 valence electrons. The summed E-state index contributed by atoms with van der Waals surface area (Å²) in [6, 6.07) is 7.14. The topological polar surface area (TPSA) is 129 Å². The molecule has 0 saturated carbocycles. The van der Waals surface area contributed by atoms with Gasteiger partial charge in [-0.3, -0.25) is 4.79 Å². The summed E-state index contributed by atoms with van der Waals surface area (Å²) in [6.07, 6.45) is 1.44. The fourth-order valence-corrected chi connectivity index (χ4v) is 1.73. The van der Waals surface area contributed by atoms with E-state index in [1.54, 1.807) is 39.2 Å². The van der Waals surface area contributed by atoms with Crippen LogP contribution in [0.1, 0.15) is 19.7 Å². The quantitative estimate of drug-likeness (QED) is 0.690. The number of benzene rings is 1. The molecule has 24 heavy (non-hydrogen) atoms. The number of amides is 1. The first-order valence-electron chi connectivity index (χ1n) is 7.14. The molecule has 1 aromatic carbocycles. The van der Waals surface area contributed by atoms with Crippen LogP contribution in [0, 0.1) is 17.2 Å². The Kier molecular flexibility index (Phi) is 5.46. The monoisotopic (exact) mass is 327 g/mol. The Bertz CT molecular complexity index is 776. The van der Waals surface area contributed by atoms with Crippen molar-refractivity contribution < 1.29 is 9.53 Å². The van der Waals surface area contributed by atoms with E-state index >= 15 is 0 Å². The van der Waals surface area contributed by atoms with E-state index in [0.717, 1.165) is 0 Å². The van der Waals surface area contributed by atoms with Gasteiger partial charge in [0.2, 0.25) is 11.7 Å². The Labute approximate surface area is 138 Å². The van der Waals surface area contributed by atoms with Gasteiger partial charge in [0.05, 0.1) is 18.5 Å². The molecule has 0 spiro atoms. The number of nitrogens with one attached hydrogen (secondary N) is 3. The molecule has 2 aromatic rings. The predicted molar refractivity (Wildman–Crippen MR) is 87.9 cm³/mol. The number of nitriles is 1. The molecule has 9 nitrogen and oxygen atoms in total. The maximum atomic E-state index is 12.0. The highest BCUT2D eigenvalue weighted by molar-refractivity contribution is 5.96. The fraction of sp³-hybridized carbons (Fsp3) is 0.267. The summed E-state index contributed by atoms with van der Waals surface area (Å²) >= 11 is 0. The predicted octanol–water partition coefficient (Wildman–Crippen LogP) is 1.78. The molecule has 0 aliphatic rings. The summed E-state index contributed by atoms with van der Waals surface area (Å²) in [5.41, 5.74) is 1.33. The van der Waals surface area contributed by atoms with Gasteiger partial charge in [0.1, 0.15) is 17.4 Å². The molecule has 0 aliphatic carbocycles. The third-order valence-electron chi connectivity index (χ3n) is 3.09. The van der Waals surface area contributed by atoms with Crippen molar-refractivity contribution in [2.75, 3.05) is 17.7 Å². The molecule has 2 rings (SSSR count). The molecule has 0 bridgehead atoms. The number of tetrazole rings is 1. The number of ether oxygens (including phenoxy) is 1. The highest BCUT2D eigenvalue weighted by atomic mass is 16.5. The molecule has 1 amide bonds. The second kappa shape index (κ2) is 7.73. The van der Waals surface area contributed by atoms with E-state index < -0.39 is 0 Å². The second-order valence-corrected chi connectivity index (χ2v) is 5.11. The highest BCUT2D eigenvalue weighted by Crippen LogP contribution is 2.28. The first-order valence-corrected chi connectivity index (χ1v) is 7.14. The van der Waals surface area contributed by atoms with Gasteiger partial charge < -0.3 is 15.4 Å². The summed E-state index contributed by atoms with van der Waals surface area (Å²) in [4.78, 5) is 12.0. The highest BCUT2D eigenvalue weighted by Gasteiger charge is 2.12. The Morgan fingerprint density at radius 3 is 2.79 bits per heavy atom. The van der Waals surface area contributed by atoms with Crippen LogP contribution < -0.4 is 15.4 Å². The van der Waals surface area contributed by atoms with Crippen molar-refractivity contribution in [3.05, 3.63) is 30.2 Å². The van der Waals surface area contributed by atoms with Crippen molar-refractivity contribution in [2.45, 2.75) is 13.8 Å². The van der Waals surface area contributed by atoms with Crippen LogP contribution in [-0.2, 0) is 4.79 Å². The molecule has 1 aromatic heterocycles. The van der Waals surface area contributed by atoms with Crippen LogP contribution in [0.2, 0.25) is 0 Å². The maximum Gasteiger partial charge on any atom is 0.226 e. The SMILES string of the molecule is COc1ccc(NC=C(C#N)c2nn[nH]n2)c(NC(=O)C(C)C)c1. The van der Waals surface area contributed by atoms with Crippen LogP contribution in [0.4, 0.5) is 11.4 Å². The Morgan fingerprint density at radius 1 is 1.42 bits per heavy atom. The lowest BCUT2D eigenvalue weighted by Crippen LogP contribution is -2.18. The van der Waals surface area contributed by atoms with Crippen LogP contribution in [0.3, 0.4) is 0 Å². The number of aromatic nitrogens is 4. The molecule has 9 heteroatoms. The largest absolute Gasteiger partial charge is 0.497 e. The van der Waals surface area contributed by atoms with Gasteiger partial charge in [-0.1, -0.05) is 13.8 Å². The average Bonchev–Trinajstić information content (AvgIpc) is 3.10. The lowest BCUT2D eigenvalue weighted by molar-refractivity contribution is -0.118. The summed E-state index contributed by atoms with van der Waals surface area (Å²) < 4.78 is 5.18. The minimum absolute atomic E-state index is 0.131. The van der Waals surface area contributed by atoms with E-state index in [1.807, 2.05) is 6.07 Å². The van der Waals surface area contributed by atoms with Crippen LogP contribution in [-0.4, -0.2) is 33.6 Å². The number of hydrogen-bond donors (Lipinski definition) is 3. The van der Waals surface area contributed by atoms with Gasteiger partial charge in [0.15, 0.2) is 0 Å². The molecule has 0 aliphatic heterocycles. The van der Waals surface area contributed by atoms with Gasteiger partial charge in [-0.25, -0.2) is 0 Å². The smallest absolute Gasteiger partial charge is 0.226 e. The van der Waals surface area contributed by atoms with Crippen LogP contribution in [0.15, 0.2) is 24.4 Å². The van der Waals surface area contributed by atoms with Crippen molar-refractivity contribution >= 4 is 22.9 Å². The van der Waals surface area contributed by atoms with Crippen molar-refractivity contribution in [3.63, 3.8) is 0 Å². The number of anilines is 2. The van der Waals surface area contributed by atoms with Gasteiger partial charge >= 0.3 is 0 Å². The number of rotatable bonds is 6. The van der Waals surface area contributed by atoms with Gasteiger partial charge in [-0.2, -0.15) is 10.5 Å². The number of nitrogens with zero attached hydrogens (tertiary/aromatic N) is 4. The van der Waals surface area contributed by atoms with E-state index in [-0.39, 0.29) is 23.2 Å². The van der Waals surface area contributed by atoms with Gasteiger partial charge in [0.25, 0.3) is 0 Å². The molecule has 1 heterocycles. The lowest BCUT2D eigenvalue weighted by atomic mass is 10.2. The van der Waals surface area contributed by atoms with Crippen molar-refractivity contribution in [1.29, 1.82) is 5.26 Å². The number of allylic oxidation sites excluding steroid dienone is 1. The molecular formula is C15H17N7O2. The van der Waals surface area contributed by atoms with Crippen LogP contribution >= 0.6 is 0 Å². The zero-order valence-corrected chi connectivity index (χ0v) is 13.5. The Hall–Kier alpha value is -3.41. The van der Waals surface area contributed by atoms with Crippen LogP contribution in [0.5, 0.6) is 5.75 Å². The Morgan fingerprint density at radius 2 is 2.21 bits per heavy atom. The zero-order chi connectivity index (χ0) is 17.5. The molecule has 0 radical (unpaired) electrons. The van der Waals surface area contributed by atoms with E-state index in [0.29, 0.717) is 17.1 Å². The second-order valence-electron chi connectivity index (χ2n) is 5.11. The minimum atomic E-state index is -0.173. The molecule has 0 unspecified atom stereocenters. The number of methoxy groups -OCH3 is 1. The molecule has 3 N–H and O–H groups in total. The maximum absolute atomic E-state index is 12.0. The van der Waals surface area contributed by atoms with Crippen molar-refractivity contribution in [2.24, 2.45) is 5.92 Å². The molecular weight excluding hydrogens is 310 g/mol. The van der Waals surface area contributed by atoms with Gasteiger partial charge in [0, 0.05) is 18.2 Å². The van der Waals surface area contributed by atoms with Crippen LogP contribution in [0.25, 0.3) is 5.57 Å². The Balaban J connectivity index is 2.29. The minimum Gasteiger partial charge on any atom is -0.497 e. The third kappa shape index (κ3) is 4.07.